The number of carbonyl (C=O) groups excluding carboxylic acids is 2. The normalized spacial score (nSPS) is 11.1. The number of carbonyl (C=O) groups is 2. The lowest BCUT2D eigenvalue weighted by Gasteiger charge is -2.11. The molecule has 0 aliphatic carbocycles. The molecule has 0 aromatic heterocycles. The Morgan fingerprint density at radius 2 is 1.22 bits per heavy atom. The minimum atomic E-state index is -3.89. The highest BCUT2D eigenvalue weighted by molar-refractivity contribution is 7.89. The van der Waals surface area contributed by atoms with Crippen molar-refractivity contribution in [3.05, 3.63) is 126 Å². The average molecular weight is 501 g/mol. The fourth-order valence-corrected chi connectivity index (χ4v) is 3.88. The molecule has 0 amide bonds. The maximum Gasteiger partial charge on any atom is 0.343 e. The molecule has 36 heavy (non-hydrogen) atoms. The summed E-state index contributed by atoms with van der Waals surface area (Å²) in [7, 11) is -3.89. The van der Waals surface area contributed by atoms with Crippen LogP contribution in [-0.2, 0) is 10.0 Å². The minimum absolute atomic E-state index is 0.0184. The molecule has 0 saturated carbocycles. The van der Waals surface area contributed by atoms with E-state index in [1.807, 2.05) is 0 Å². The number of nitrogens with one attached hydrogen (secondary N) is 1. The maximum absolute atomic E-state index is 12.7. The number of hydrogen-bond donors (Lipinski definition) is 1. The summed E-state index contributed by atoms with van der Waals surface area (Å²) in [5, 5.41) is 3.81. The molecule has 4 aromatic carbocycles. The molecule has 0 unspecified atom stereocenters. The summed E-state index contributed by atoms with van der Waals surface area (Å²) in [4.78, 5) is 27.3. The number of hydrogen-bond acceptors (Lipinski definition) is 7. The van der Waals surface area contributed by atoms with Crippen LogP contribution in [0.2, 0.25) is 0 Å². The van der Waals surface area contributed by atoms with Crippen molar-refractivity contribution in [2.45, 2.75) is 4.90 Å². The van der Waals surface area contributed by atoms with Crippen LogP contribution in [0.15, 0.2) is 119 Å². The highest BCUT2D eigenvalue weighted by Gasteiger charge is 2.15. The lowest BCUT2D eigenvalue weighted by atomic mass is 10.2. The number of rotatable bonds is 8. The third kappa shape index (κ3) is 6.22. The van der Waals surface area contributed by atoms with Crippen LogP contribution < -0.4 is 14.3 Å². The third-order valence-electron chi connectivity index (χ3n) is 4.85. The van der Waals surface area contributed by atoms with Crippen molar-refractivity contribution in [2.24, 2.45) is 5.10 Å². The SMILES string of the molecule is O=C(Oc1ccc(C=NNS(=O)(=O)c2ccccc2)c(OC(=O)c2ccccc2)c1)c1ccccc1. The smallest absolute Gasteiger partial charge is 0.343 e. The zero-order chi connectivity index (χ0) is 25.4. The van der Waals surface area contributed by atoms with Crippen LogP contribution in [0, 0.1) is 0 Å². The Labute approximate surface area is 207 Å². The van der Waals surface area contributed by atoms with Crippen LogP contribution in [0.4, 0.5) is 0 Å². The summed E-state index contributed by atoms with van der Waals surface area (Å²) in [6.07, 6.45) is 1.19. The number of hydrazone groups is 1. The zero-order valence-corrected chi connectivity index (χ0v) is 19.6. The van der Waals surface area contributed by atoms with Gasteiger partial charge in [0.15, 0.2) is 0 Å². The van der Waals surface area contributed by atoms with Gasteiger partial charge in [0.05, 0.1) is 22.2 Å². The van der Waals surface area contributed by atoms with E-state index >= 15 is 0 Å². The summed E-state index contributed by atoms with van der Waals surface area (Å²) in [5.74, 6) is -1.10. The summed E-state index contributed by atoms with van der Waals surface area (Å²) in [6, 6.07) is 28.8. The molecule has 180 valence electrons. The molecule has 8 nitrogen and oxygen atoms in total. The van der Waals surface area contributed by atoms with Crippen LogP contribution in [0.1, 0.15) is 26.3 Å². The fraction of sp³-hybridized carbons (Fsp3) is 0. The second-order valence-electron chi connectivity index (χ2n) is 7.38. The molecular formula is C27H20N2O6S. The topological polar surface area (TPSA) is 111 Å². The molecule has 0 spiro atoms. The van der Waals surface area contributed by atoms with E-state index in [-0.39, 0.29) is 22.0 Å². The Bertz CT molecular complexity index is 1490. The Balaban J connectivity index is 1.59. The summed E-state index contributed by atoms with van der Waals surface area (Å²) < 4.78 is 35.8. The Hall–Kier alpha value is -4.76. The van der Waals surface area contributed by atoms with Crippen LogP contribution in [-0.4, -0.2) is 26.6 Å². The highest BCUT2D eigenvalue weighted by Crippen LogP contribution is 2.26. The molecule has 0 bridgehead atoms. The van der Waals surface area contributed by atoms with Gasteiger partial charge >= 0.3 is 11.9 Å². The summed E-state index contributed by atoms with van der Waals surface area (Å²) in [5.41, 5.74) is 0.924. The van der Waals surface area contributed by atoms with Crippen LogP contribution in [0.25, 0.3) is 0 Å². The first kappa shape index (κ1) is 24.4. The standard InChI is InChI=1S/C27H20N2O6S/c30-26(20-10-4-1-5-11-20)34-23-17-16-22(19-28-29-36(32,33)24-14-8-3-9-15-24)25(18-23)35-27(31)21-12-6-2-7-13-21/h1-19,29H. The lowest BCUT2D eigenvalue weighted by Crippen LogP contribution is -2.18. The van der Waals surface area contributed by atoms with Gasteiger partial charge in [-0.2, -0.15) is 13.5 Å². The Kier molecular flexibility index (Phi) is 7.52. The lowest BCUT2D eigenvalue weighted by molar-refractivity contribution is 0.0732. The first-order valence-electron chi connectivity index (χ1n) is 10.7. The van der Waals surface area contributed by atoms with Gasteiger partial charge in [-0.15, -0.1) is 0 Å². The van der Waals surface area contributed by atoms with Crippen molar-refractivity contribution in [3.63, 3.8) is 0 Å². The van der Waals surface area contributed by atoms with E-state index in [0.29, 0.717) is 11.1 Å². The summed E-state index contributed by atoms with van der Waals surface area (Å²) >= 11 is 0. The van der Waals surface area contributed by atoms with Crippen molar-refractivity contribution in [3.8, 4) is 11.5 Å². The van der Waals surface area contributed by atoms with E-state index in [0.717, 1.165) is 0 Å². The van der Waals surface area contributed by atoms with E-state index in [1.165, 1.54) is 36.5 Å². The molecule has 0 aliphatic heterocycles. The molecular weight excluding hydrogens is 480 g/mol. The predicted octanol–water partition coefficient (Wildman–Crippen LogP) is 4.44. The van der Waals surface area contributed by atoms with E-state index in [4.69, 9.17) is 9.47 Å². The van der Waals surface area contributed by atoms with Crippen molar-refractivity contribution < 1.29 is 27.5 Å². The fourth-order valence-electron chi connectivity index (χ4n) is 3.06. The van der Waals surface area contributed by atoms with E-state index in [1.54, 1.807) is 78.9 Å². The number of benzene rings is 4. The quantitative estimate of drug-likeness (QED) is 0.166. The van der Waals surface area contributed by atoms with Crippen molar-refractivity contribution in [2.75, 3.05) is 0 Å². The largest absolute Gasteiger partial charge is 0.423 e. The number of esters is 2. The average Bonchev–Trinajstić information content (AvgIpc) is 2.91. The number of ether oxygens (including phenoxy) is 2. The monoisotopic (exact) mass is 500 g/mol. The van der Waals surface area contributed by atoms with Crippen molar-refractivity contribution in [1.29, 1.82) is 0 Å². The molecule has 0 saturated heterocycles. The van der Waals surface area contributed by atoms with Gasteiger partial charge in [-0.05, 0) is 48.5 Å². The Morgan fingerprint density at radius 1 is 0.694 bits per heavy atom. The van der Waals surface area contributed by atoms with Crippen molar-refractivity contribution in [1.82, 2.24) is 4.83 Å². The first-order valence-corrected chi connectivity index (χ1v) is 12.2. The van der Waals surface area contributed by atoms with Gasteiger partial charge < -0.3 is 9.47 Å². The zero-order valence-electron chi connectivity index (χ0n) is 18.8. The van der Waals surface area contributed by atoms with Gasteiger partial charge in [-0.25, -0.2) is 14.4 Å². The second-order valence-corrected chi connectivity index (χ2v) is 9.04. The van der Waals surface area contributed by atoms with Gasteiger partial charge in [-0.3, -0.25) is 0 Å². The van der Waals surface area contributed by atoms with Gasteiger partial charge in [0, 0.05) is 11.6 Å². The molecule has 0 heterocycles. The Morgan fingerprint density at radius 3 is 1.81 bits per heavy atom. The molecule has 1 N–H and O–H groups in total. The maximum atomic E-state index is 12.7. The molecule has 9 heteroatoms. The predicted molar refractivity (Wildman–Crippen MR) is 134 cm³/mol. The molecule has 4 aromatic rings. The van der Waals surface area contributed by atoms with Crippen molar-refractivity contribution >= 4 is 28.2 Å². The number of sulfonamides is 1. The van der Waals surface area contributed by atoms with Crippen LogP contribution in [0.5, 0.6) is 11.5 Å². The summed E-state index contributed by atoms with van der Waals surface area (Å²) in [6.45, 7) is 0. The first-order chi connectivity index (χ1) is 17.4. The van der Waals surface area contributed by atoms with Crippen LogP contribution >= 0.6 is 0 Å². The minimum Gasteiger partial charge on any atom is -0.423 e. The highest BCUT2D eigenvalue weighted by atomic mass is 32.2. The van der Waals surface area contributed by atoms with E-state index in [9.17, 15) is 18.0 Å². The van der Waals surface area contributed by atoms with E-state index in [2.05, 4.69) is 9.93 Å². The van der Waals surface area contributed by atoms with Gasteiger partial charge in [0.2, 0.25) is 0 Å². The molecule has 0 radical (unpaired) electrons. The van der Waals surface area contributed by atoms with E-state index < -0.39 is 22.0 Å². The van der Waals surface area contributed by atoms with Gasteiger partial charge in [0.1, 0.15) is 11.5 Å². The third-order valence-corrected chi connectivity index (χ3v) is 6.09. The van der Waals surface area contributed by atoms with Crippen LogP contribution in [0.3, 0.4) is 0 Å². The molecule has 0 aliphatic rings. The number of nitrogens with zero attached hydrogens (tertiary/aromatic N) is 1. The molecule has 0 atom stereocenters. The molecule has 0 fully saturated rings. The second kappa shape index (κ2) is 11.1. The molecule has 4 rings (SSSR count). The van der Waals surface area contributed by atoms with Gasteiger partial charge in [0.25, 0.3) is 10.0 Å². The van der Waals surface area contributed by atoms with Gasteiger partial charge in [-0.1, -0.05) is 54.6 Å².